The molecule has 1 aromatic heterocycles. The Balaban J connectivity index is 1.80. The second-order valence-corrected chi connectivity index (χ2v) is 5.38. The number of hydrogen-bond acceptors (Lipinski definition) is 4. The molecule has 1 saturated carbocycles. The maximum absolute atomic E-state index is 13.7. The standard InChI is InChI=1S/C14H18FN5/c1-9-3-4-11(7-13(9)15)10(2)20-14(17-18-19-20)8-16-12-5-6-12/h3-4,7,10,12,16H,5-6,8H2,1-2H3. The molecule has 1 fully saturated rings. The first-order valence-corrected chi connectivity index (χ1v) is 6.91. The van der Waals surface area contributed by atoms with Crippen molar-refractivity contribution in [1.29, 1.82) is 0 Å². The molecule has 106 valence electrons. The van der Waals surface area contributed by atoms with E-state index in [0.29, 0.717) is 18.2 Å². The third kappa shape index (κ3) is 2.70. The number of aromatic nitrogens is 4. The monoisotopic (exact) mass is 275 g/mol. The maximum Gasteiger partial charge on any atom is 0.165 e. The van der Waals surface area contributed by atoms with Gasteiger partial charge in [-0.1, -0.05) is 12.1 Å². The van der Waals surface area contributed by atoms with Crippen LogP contribution in [0.25, 0.3) is 0 Å². The van der Waals surface area contributed by atoms with Gasteiger partial charge in [-0.15, -0.1) is 5.10 Å². The Morgan fingerprint density at radius 2 is 2.25 bits per heavy atom. The van der Waals surface area contributed by atoms with Crippen molar-refractivity contribution >= 4 is 0 Å². The number of tetrazole rings is 1. The first kappa shape index (κ1) is 13.2. The quantitative estimate of drug-likeness (QED) is 0.906. The Kier molecular flexibility index (Phi) is 3.48. The Morgan fingerprint density at radius 3 is 2.95 bits per heavy atom. The van der Waals surface area contributed by atoms with Crippen LogP contribution in [0.3, 0.4) is 0 Å². The van der Waals surface area contributed by atoms with Crippen LogP contribution in [-0.2, 0) is 6.54 Å². The summed E-state index contributed by atoms with van der Waals surface area (Å²) >= 11 is 0. The molecular formula is C14H18FN5. The van der Waals surface area contributed by atoms with Crippen molar-refractivity contribution < 1.29 is 4.39 Å². The highest BCUT2D eigenvalue weighted by molar-refractivity contribution is 5.25. The summed E-state index contributed by atoms with van der Waals surface area (Å²) in [6.07, 6.45) is 2.45. The molecule has 2 aromatic rings. The molecule has 0 spiro atoms. The summed E-state index contributed by atoms with van der Waals surface area (Å²) in [4.78, 5) is 0. The summed E-state index contributed by atoms with van der Waals surface area (Å²) in [5.41, 5.74) is 1.52. The molecule has 0 aliphatic heterocycles. The van der Waals surface area contributed by atoms with E-state index in [9.17, 15) is 4.39 Å². The Morgan fingerprint density at radius 1 is 1.45 bits per heavy atom. The van der Waals surface area contributed by atoms with Crippen molar-refractivity contribution in [2.75, 3.05) is 0 Å². The Labute approximate surface area is 117 Å². The summed E-state index contributed by atoms with van der Waals surface area (Å²) in [7, 11) is 0. The molecular weight excluding hydrogens is 257 g/mol. The van der Waals surface area contributed by atoms with Crippen LogP contribution in [0.2, 0.25) is 0 Å². The van der Waals surface area contributed by atoms with E-state index in [2.05, 4.69) is 20.8 Å². The van der Waals surface area contributed by atoms with Crippen molar-refractivity contribution in [3.8, 4) is 0 Å². The summed E-state index contributed by atoms with van der Waals surface area (Å²) in [6, 6.07) is 5.78. The lowest BCUT2D eigenvalue weighted by molar-refractivity contribution is 0.501. The van der Waals surface area contributed by atoms with E-state index < -0.39 is 0 Å². The number of nitrogens with zero attached hydrogens (tertiary/aromatic N) is 4. The van der Waals surface area contributed by atoms with Gasteiger partial charge in [0.15, 0.2) is 5.82 Å². The van der Waals surface area contributed by atoms with E-state index in [1.54, 1.807) is 23.7 Å². The zero-order valence-corrected chi connectivity index (χ0v) is 11.7. The topological polar surface area (TPSA) is 55.6 Å². The van der Waals surface area contributed by atoms with E-state index in [1.807, 2.05) is 13.0 Å². The fraction of sp³-hybridized carbons (Fsp3) is 0.500. The molecule has 6 heteroatoms. The van der Waals surface area contributed by atoms with Gasteiger partial charge in [0.2, 0.25) is 0 Å². The van der Waals surface area contributed by atoms with Gasteiger partial charge in [0, 0.05) is 6.04 Å². The lowest BCUT2D eigenvalue weighted by Gasteiger charge is -2.14. The van der Waals surface area contributed by atoms with Crippen LogP contribution < -0.4 is 5.32 Å². The van der Waals surface area contributed by atoms with Crippen LogP contribution in [0, 0.1) is 12.7 Å². The van der Waals surface area contributed by atoms with Crippen molar-refractivity contribution in [1.82, 2.24) is 25.5 Å². The average molecular weight is 275 g/mol. The minimum absolute atomic E-state index is 0.0869. The predicted octanol–water partition coefficient (Wildman–Crippen LogP) is 1.98. The molecule has 1 N–H and O–H groups in total. The Bertz CT molecular complexity index is 605. The third-order valence-corrected chi connectivity index (χ3v) is 3.73. The zero-order chi connectivity index (χ0) is 14.1. The molecule has 0 amide bonds. The molecule has 1 unspecified atom stereocenters. The molecule has 3 rings (SSSR count). The number of halogens is 1. The predicted molar refractivity (Wildman–Crippen MR) is 72.6 cm³/mol. The van der Waals surface area contributed by atoms with E-state index in [0.717, 1.165) is 11.4 Å². The minimum atomic E-state index is -0.194. The van der Waals surface area contributed by atoms with Crippen LogP contribution in [0.1, 0.15) is 42.8 Å². The van der Waals surface area contributed by atoms with Gasteiger partial charge in [-0.05, 0) is 54.3 Å². The second kappa shape index (κ2) is 5.28. The van der Waals surface area contributed by atoms with Crippen molar-refractivity contribution in [3.63, 3.8) is 0 Å². The fourth-order valence-corrected chi connectivity index (χ4v) is 2.16. The SMILES string of the molecule is Cc1ccc(C(C)n2nnnc2CNC2CC2)cc1F. The normalized spacial score (nSPS) is 16.4. The van der Waals surface area contributed by atoms with E-state index >= 15 is 0 Å². The molecule has 1 aromatic carbocycles. The first-order chi connectivity index (χ1) is 9.65. The second-order valence-electron chi connectivity index (χ2n) is 5.38. The van der Waals surface area contributed by atoms with E-state index in [1.165, 1.54) is 12.8 Å². The van der Waals surface area contributed by atoms with Crippen LogP contribution in [0.5, 0.6) is 0 Å². The number of rotatable bonds is 5. The van der Waals surface area contributed by atoms with Crippen LogP contribution in [0.15, 0.2) is 18.2 Å². The highest BCUT2D eigenvalue weighted by Crippen LogP contribution is 2.22. The fourth-order valence-electron chi connectivity index (χ4n) is 2.16. The molecule has 1 atom stereocenters. The van der Waals surface area contributed by atoms with Crippen molar-refractivity contribution in [2.45, 2.75) is 45.3 Å². The molecule has 0 bridgehead atoms. The van der Waals surface area contributed by atoms with Gasteiger partial charge in [-0.25, -0.2) is 9.07 Å². The number of aryl methyl sites for hydroxylation is 1. The Hall–Kier alpha value is -1.82. The maximum atomic E-state index is 13.7. The summed E-state index contributed by atoms with van der Waals surface area (Å²) in [5, 5.41) is 15.2. The van der Waals surface area contributed by atoms with Crippen molar-refractivity contribution in [2.24, 2.45) is 0 Å². The van der Waals surface area contributed by atoms with Gasteiger partial charge in [0.1, 0.15) is 5.82 Å². The smallest absolute Gasteiger partial charge is 0.165 e. The lowest BCUT2D eigenvalue weighted by atomic mass is 10.1. The van der Waals surface area contributed by atoms with Gasteiger partial charge in [-0.3, -0.25) is 0 Å². The van der Waals surface area contributed by atoms with Crippen LogP contribution >= 0.6 is 0 Å². The van der Waals surface area contributed by atoms with E-state index in [4.69, 9.17) is 0 Å². The largest absolute Gasteiger partial charge is 0.307 e. The summed E-state index contributed by atoms with van der Waals surface area (Å²) in [5.74, 6) is 0.588. The number of nitrogens with one attached hydrogen (secondary N) is 1. The molecule has 1 heterocycles. The zero-order valence-electron chi connectivity index (χ0n) is 11.7. The van der Waals surface area contributed by atoms with Gasteiger partial charge < -0.3 is 5.32 Å². The highest BCUT2D eigenvalue weighted by atomic mass is 19.1. The van der Waals surface area contributed by atoms with Crippen LogP contribution in [0.4, 0.5) is 4.39 Å². The van der Waals surface area contributed by atoms with Crippen molar-refractivity contribution in [3.05, 3.63) is 41.0 Å². The van der Waals surface area contributed by atoms with Gasteiger partial charge >= 0.3 is 0 Å². The number of hydrogen-bond donors (Lipinski definition) is 1. The summed E-state index contributed by atoms with van der Waals surface area (Å²) in [6.45, 7) is 4.38. The van der Waals surface area contributed by atoms with Gasteiger partial charge in [-0.2, -0.15) is 0 Å². The minimum Gasteiger partial charge on any atom is -0.307 e. The van der Waals surface area contributed by atoms with Crippen LogP contribution in [-0.4, -0.2) is 26.2 Å². The van der Waals surface area contributed by atoms with Gasteiger partial charge in [0.05, 0.1) is 12.6 Å². The third-order valence-electron chi connectivity index (χ3n) is 3.73. The molecule has 1 aliphatic rings. The molecule has 5 nitrogen and oxygen atoms in total. The lowest BCUT2D eigenvalue weighted by Crippen LogP contribution is -2.21. The molecule has 20 heavy (non-hydrogen) atoms. The molecule has 0 radical (unpaired) electrons. The molecule has 1 aliphatic carbocycles. The first-order valence-electron chi connectivity index (χ1n) is 6.91. The summed E-state index contributed by atoms with van der Waals surface area (Å²) < 4.78 is 15.4. The van der Waals surface area contributed by atoms with Gasteiger partial charge in [0.25, 0.3) is 0 Å². The molecule has 0 saturated heterocycles. The average Bonchev–Trinajstić information content (AvgIpc) is 3.15. The van der Waals surface area contributed by atoms with E-state index in [-0.39, 0.29) is 11.9 Å². The highest BCUT2D eigenvalue weighted by Gasteiger charge is 2.22. The number of benzene rings is 1.